The number of anilines is 2. The van der Waals surface area contributed by atoms with Gasteiger partial charge in [-0.05, 0) is 24.3 Å². The lowest BCUT2D eigenvalue weighted by Gasteiger charge is -2.36. The van der Waals surface area contributed by atoms with E-state index in [2.05, 4.69) is 16.3 Å². The molecule has 1 aliphatic rings. The molecular weight excluding hydrogens is 344 g/mol. The van der Waals surface area contributed by atoms with Crippen molar-refractivity contribution in [2.24, 2.45) is 0 Å². The van der Waals surface area contributed by atoms with Gasteiger partial charge >= 0.3 is 6.03 Å². The molecule has 2 aromatic carbocycles. The summed E-state index contributed by atoms with van der Waals surface area (Å²) >= 11 is 0. The summed E-state index contributed by atoms with van der Waals surface area (Å²) in [6, 6.07) is 14.7. The quantitative estimate of drug-likeness (QED) is 0.900. The summed E-state index contributed by atoms with van der Waals surface area (Å²) in [6.45, 7) is 2.71. The second kappa shape index (κ2) is 8.32. The van der Waals surface area contributed by atoms with Gasteiger partial charge in [-0.3, -0.25) is 0 Å². The molecule has 1 N–H and O–H groups in total. The van der Waals surface area contributed by atoms with Crippen LogP contribution in [-0.2, 0) is 0 Å². The number of carbonyl (C=O) groups excluding carboxylic acids is 1. The van der Waals surface area contributed by atoms with E-state index in [-0.39, 0.29) is 6.03 Å². The average molecular weight is 366 g/mol. The third kappa shape index (κ3) is 4.42. The van der Waals surface area contributed by atoms with E-state index in [9.17, 15) is 4.79 Å². The molecule has 140 valence electrons. The zero-order chi connectivity index (χ0) is 19.2. The van der Waals surface area contributed by atoms with Crippen molar-refractivity contribution in [3.05, 3.63) is 48.0 Å². The van der Waals surface area contributed by atoms with Gasteiger partial charge in [0.2, 0.25) is 0 Å². The van der Waals surface area contributed by atoms with Gasteiger partial charge in [-0.25, -0.2) is 4.79 Å². The lowest BCUT2D eigenvalue weighted by molar-refractivity contribution is 0.208. The van der Waals surface area contributed by atoms with Crippen LogP contribution in [0.2, 0.25) is 0 Å². The predicted molar refractivity (Wildman–Crippen MR) is 104 cm³/mol. The molecule has 1 saturated heterocycles. The Hall–Kier alpha value is -3.40. The first-order valence-corrected chi connectivity index (χ1v) is 8.67. The molecule has 0 atom stereocenters. The summed E-state index contributed by atoms with van der Waals surface area (Å²) in [5, 5.41) is 11.8. The van der Waals surface area contributed by atoms with E-state index in [4.69, 9.17) is 14.7 Å². The molecular formula is C20H22N4O3. The highest BCUT2D eigenvalue weighted by Crippen LogP contribution is 2.26. The molecule has 7 nitrogen and oxygen atoms in total. The van der Waals surface area contributed by atoms with E-state index in [0.717, 1.165) is 18.8 Å². The van der Waals surface area contributed by atoms with Gasteiger partial charge in [-0.1, -0.05) is 0 Å². The summed E-state index contributed by atoms with van der Waals surface area (Å²) < 4.78 is 10.5. The van der Waals surface area contributed by atoms with Crippen LogP contribution in [0.1, 0.15) is 5.56 Å². The highest BCUT2D eigenvalue weighted by Gasteiger charge is 2.21. The summed E-state index contributed by atoms with van der Waals surface area (Å²) in [4.78, 5) is 16.6. The van der Waals surface area contributed by atoms with Crippen LogP contribution in [0.15, 0.2) is 42.5 Å². The van der Waals surface area contributed by atoms with Crippen LogP contribution in [0, 0.1) is 11.3 Å². The highest BCUT2D eigenvalue weighted by atomic mass is 16.5. The number of ether oxygens (including phenoxy) is 2. The van der Waals surface area contributed by atoms with Gasteiger partial charge in [-0.15, -0.1) is 0 Å². The molecule has 3 rings (SSSR count). The first-order valence-electron chi connectivity index (χ1n) is 8.67. The van der Waals surface area contributed by atoms with Crippen molar-refractivity contribution in [1.29, 1.82) is 5.26 Å². The maximum atomic E-state index is 12.6. The minimum atomic E-state index is -0.148. The largest absolute Gasteiger partial charge is 0.497 e. The zero-order valence-corrected chi connectivity index (χ0v) is 15.4. The number of amides is 2. The van der Waals surface area contributed by atoms with Crippen molar-refractivity contribution in [2.75, 3.05) is 50.6 Å². The predicted octanol–water partition coefficient (Wildman–Crippen LogP) is 2.93. The number of carbonyl (C=O) groups is 1. The van der Waals surface area contributed by atoms with E-state index in [1.807, 2.05) is 24.3 Å². The minimum absolute atomic E-state index is 0.148. The Kier molecular flexibility index (Phi) is 5.67. The van der Waals surface area contributed by atoms with Gasteiger partial charge in [0, 0.05) is 55.8 Å². The number of methoxy groups -OCH3 is 2. The highest BCUT2D eigenvalue weighted by molar-refractivity contribution is 5.90. The van der Waals surface area contributed by atoms with E-state index in [0.29, 0.717) is 35.8 Å². The Morgan fingerprint density at radius 2 is 1.59 bits per heavy atom. The fourth-order valence-electron chi connectivity index (χ4n) is 3.00. The van der Waals surface area contributed by atoms with Gasteiger partial charge in [0.15, 0.2) is 0 Å². The molecule has 0 aliphatic carbocycles. The maximum Gasteiger partial charge on any atom is 0.321 e. The van der Waals surface area contributed by atoms with Crippen LogP contribution < -0.4 is 19.7 Å². The second-order valence-corrected chi connectivity index (χ2v) is 6.16. The number of benzene rings is 2. The molecule has 1 heterocycles. The third-order valence-corrected chi connectivity index (χ3v) is 4.53. The molecule has 27 heavy (non-hydrogen) atoms. The Labute approximate surface area is 158 Å². The summed E-state index contributed by atoms with van der Waals surface area (Å²) in [5.74, 6) is 1.24. The molecule has 0 spiro atoms. The summed E-state index contributed by atoms with van der Waals surface area (Å²) in [7, 11) is 3.14. The minimum Gasteiger partial charge on any atom is -0.497 e. The number of rotatable bonds is 4. The van der Waals surface area contributed by atoms with Crippen LogP contribution in [0.4, 0.5) is 16.2 Å². The Morgan fingerprint density at radius 3 is 2.11 bits per heavy atom. The fourth-order valence-corrected chi connectivity index (χ4v) is 3.00. The number of hydrogen-bond acceptors (Lipinski definition) is 5. The average Bonchev–Trinajstić information content (AvgIpc) is 2.73. The number of urea groups is 1. The Morgan fingerprint density at radius 1 is 1.00 bits per heavy atom. The Balaban J connectivity index is 1.59. The molecule has 2 amide bonds. The lowest BCUT2D eigenvalue weighted by Crippen LogP contribution is -2.50. The molecule has 7 heteroatoms. The van der Waals surface area contributed by atoms with Crippen LogP contribution in [0.25, 0.3) is 0 Å². The van der Waals surface area contributed by atoms with Crippen LogP contribution in [-0.4, -0.2) is 51.3 Å². The van der Waals surface area contributed by atoms with E-state index < -0.39 is 0 Å². The van der Waals surface area contributed by atoms with Crippen molar-refractivity contribution in [3.8, 4) is 17.6 Å². The normalized spacial score (nSPS) is 13.7. The molecule has 0 saturated carbocycles. The molecule has 1 fully saturated rings. The summed E-state index contributed by atoms with van der Waals surface area (Å²) in [5.41, 5.74) is 2.34. The summed E-state index contributed by atoms with van der Waals surface area (Å²) in [6.07, 6.45) is 0. The van der Waals surface area contributed by atoms with E-state index in [1.54, 1.807) is 37.3 Å². The number of nitrogens with zero attached hydrogens (tertiary/aromatic N) is 3. The van der Waals surface area contributed by atoms with Gasteiger partial charge in [0.05, 0.1) is 25.9 Å². The van der Waals surface area contributed by atoms with Crippen molar-refractivity contribution < 1.29 is 14.3 Å². The topological polar surface area (TPSA) is 77.8 Å². The van der Waals surface area contributed by atoms with Crippen molar-refractivity contribution in [3.63, 3.8) is 0 Å². The van der Waals surface area contributed by atoms with Crippen LogP contribution in [0.3, 0.4) is 0 Å². The van der Waals surface area contributed by atoms with Crippen molar-refractivity contribution in [1.82, 2.24) is 4.90 Å². The van der Waals surface area contributed by atoms with Gasteiger partial charge in [0.1, 0.15) is 11.5 Å². The zero-order valence-electron chi connectivity index (χ0n) is 15.4. The maximum absolute atomic E-state index is 12.6. The molecule has 1 aliphatic heterocycles. The van der Waals surface area contributed by atoms with E-state index in [1.165, 1.54) is 0 Å². The first-order chi connectivity index (χ1) is 13.1. The molecule has 0 unspecified atom stereocenters. The number of hydrogen-bond donors (Lipinski definition) is 1. The molecule has 2 aromatic rings. The lowest BCUT2D eigenvalue weighted by atomic mass is 10.2. The van der Waals surface area contributed by atoms with Crippen LogP contribution in [0.5, 0.6) is 11.5 Å². The van der Waals surface area contributed by atoms with Gasteiger partial charge in [0.25, 0.3) is 0 Å². The van der Waals surface area contributed by atoms with Crippen molar-refractivity contribution >= 4 is 17.4 Å². The standard InChI is InChI=1S/C20H22N4O3/c1-26-18-11-16(12-19(13-18)27-2)22-20(25)24-9-7-23(8-10-24)17-5-3-15(14-21)4-6-17/h3-6,11-13H,7-10H2,1-2H3,(H,22,25). The van der Waals surface area contributed by atoms with E-state index >= 15 is 0 Å². The monoisotopic (exact) mass is 366 g/mol. The third-order valence-electron chi connectivity index (χ3n) is 4.53. The number of nitrogens with one attached hydrogen (secondary N) is 1. The molecule has 0 aromatic heterocycles. The van der Waals surface area contributed by atoms with Gasteiger partial charge in [-0.2, -0.15) is 5.26 Å². The number of piperazine rings is 1. The SMILES string of the molecule is COc1cc(NC(=O)N2CCN(c3ccc(C#N)cc3)CC2)cc(OC)c1. The first kappa shape index (κ1) is 18.4. The molecule has 0 radical (unpaired) electrons. The van der Waals surface area contributed by atoms with Gasteiger partial charge < -0.3 is 24.6 Å². The van der Waals surface area contributed by atoms with Crippen LogP contribution >= 0.6 is 0 Å². The smallest absolute Gasteiger partial charge is 0.321 e. The molecule has 0 bridgehead atoms. The fraction of sp³-hybridized carbons (Fsp3) is 0.300. The number of nitriles is 1. The van der Waals surface area contributed by atoms with Crippen molar-refractivity contribution in [2.45, 2.75) is 0 Å². The second-order valence-electron chi connectivity index (χ2n) is 6.16. The Bertz CT molecular complexity index is 815.